The molecule has 30 heavy (non-hydrogen) atoms. The van der Waals surface area contributed by atoms with Crippen molar-refractivity contribution in [2.24, 2.45) is 0 Å². The number of aromatic nitrogens is 1. The number of likely N-dealkylation sites (N-methyl/N-ethyl adjacent to an activating group) is 1. The van der Waals surface area contributed by atoms with E-state index in [0.29, 0.717) is 17.9 Å². The van der Waals surface area contributed by atoms with E-state index in [1.165, 1.54) is 4.90 Å². The van der Waals surface area contributed by atoms with Crippen LogP contribution in [-0.4, -0.2) is 52.5 Å². The molecule has 6 rings (SSSR count). The average molecular weight is 403 g/mol. The summed E-state index contributed by atoms with van der Waals surface area (Å²) in [5, 5.41) is 1.10. The Morgan fingerprint density at radius 1 is 1.07 bits per heavy atom. The summed E-state index contributed by atoms with van der Waals surface area (Å²) >= 11 is 0. The highest BCUT2D eigenvalue weighted by Crippen LogP contribution is 2.45. The topological polar surface area (TPSA) is 74.9 Å². The summed E-state index contributed by atoms with van der Waals surface area (Å²) in [6, 6.07) is 12.9. The van der Waals surface area contributed by atoms with Crippen LogP contribution in [0.2, 0.25) is 0 Å². The number of carbonyl (C=O) groups is 2. The van der Waals surface area contributed by atoms with Crippen LogP contribution >= 0.6 is 0 Å². The molecule has 152 valence electrons. The number of ether oxygens (including phenoxy) is 2. The van der Waals surface area contributed by atoms with Crippen LogP contribution in [0.3, 0.4) is 0 Å². The van der Waals surface area contributed by atoms with E-state index in [1.807, 2.05) is 43.3 Å². The highest BCUT2D eigenvalue weighted by Gasteiger charge is 2.47. The molecule has 3 aliphatic rings. The molecule has 3 aromatic rings. The quantitative estimate of drug-likeness (QED) is 0.678. The first kappa shape index (κ1) is 17.4. The molecule has 7 nitrogen and oxygen atoms in total. The van der Waals surface area contributed by atoms with Crippen LogP contribution in [0.15, 0.2) is 42.5 Å². The highest BCUT2D eigenvalue weighted by molar-refractivity contribution is 5.97. The fourth-order valence-electron chi connectivity index (χ4n) is 5.02. The van der Waals surface area contributed by atoms with Crippen molar-refractivity contribution in [2.75, 3.05) is 13.6 Å². The number of H-pyrrole nitrogens is 1. The molecule has 0 aliphatic carbocycles. The minimum absolute atomic E-state index is 0.0232. The van der Waals surface area contributed by atoms with Crippen molar-refractivity contribution in [2.45, 2.75) is 31.7 Å². The van der Waals surface area contributed by atoms with Crippen LogP contribution in [0.5, 0.6) is 11.5 Å². The zero-order chi connectivity index (χ0) is 20.6. The molecule has 1 aromatic heterocycles. The van der Waals surface area contributed by atoms with E-state index in [2.05, 4.69) is 11.1 Å². The van der Waals surface area contributed by atoms with Gasteiger partial charge in [-0.25, -0.2) is 0 Å². The molecule has 4 heterocycles. The number of piperazine rings is 1. The maximum atomic E-state index is 13.1. The summed E-state index contributed by atoms with van der Waals surface area (Å²) in [5.41, 5.74) is 3.97. The lowest BCUT2D eigenvalue weighted by Crippen LogP contribution is -2.62. The van der Waals surface area contributed by atoms with E-state index in [0.717, 1.165) is 27.7 Å². The highest BCUT2D eigenvalue weighted by atomic mass is 16.7. The van der Waals surface area contributed by atoms with Gasteiger partial charge < -0.3 is 24.3 Å². The van der Waals surface area contributed by atoms with Crippen LogP contribution in [-0.2, 0) is 16.0 Å². The van der Waals surface area contributed by atoms with Gasteiger partial charge in [0.2, 0.25) is 18.1 Å². The van der Waals surface area contributed by atoms with Crippen LogP contribution in [0.4, 0.5) is 0 Å². The molecule has 1 N–H and O–H groups in total. The molecule has 3 atom stereocenters. The number of nitrogens with one attached hydrogen (secondary N) is 1. The average Bonchev–Trinajstić information content (AvgIpc) is 3.29. The van der Waals surface area contributed by atoms with Gasteiger partial charge in [-0.05, 0) is 29.3 Å². The number of nitrogens with zero attached hydrogens (tertiary/aromatic N) is 2. The molecular weight excluding hydrogens is 382 g/mol. The summed E-state index contributed by atoms with van der Waals surface area (Å²) in [5.74, 6) is 1.27. The molecule has 0 saturated carbocycles. The molecule has 0 radical (unpaired) electrons. The smallest absolute Gasteiger partial charge is 0.245 e. The van der Waals surface area contributed by atoms with Gasteiger partial charge in [-0.15, -0.1) is 0 Å². The van der Waals surface area contributed by atoms with Crippen molar-refractivity contribution >= 4 is 22.7 Å². The Morgan fingerprint density at radius 2 is 1.87 bits per heavy atom. The Hall–Kier alpha value is -3.48. The van der Waals surface area contributed by atoms with Crippen molar-refractivity contribution in [1.82, 2.24) is 14.8 Å². The minimum Gasteiger partial charge on any atom is -0.451 e. The summed E-state index contributed by atoms with van der Waals surface area (Å²) in [7, 11) is 1.69. The second-order valence-electron chi connectivity index (χ2n) is 8.19. The maximum absolute atomic E-state index is 13.1. The maximum Gasteiger partial charge on any atom is 0.245 e. The molecule has 7 heteroatoms. The van der Waals surface area contributed by atoms with E-state index in [1.54, 1.807) is 11.9 Å². The number of carbonyl (C=O) groups excluding carboxylic acids is 2. The van der Waals surface area contributed by atoms with E-state index in [4.69, 9.17) is 9.47 Å². The molecule has 0 spiro atoms. The lowest BCUT2D eigenvalue weighted by atomic mass is 9.86. The molecule has 1 saturated heterocycles. The fraction of sp³-hybridized carbons (Fsp3) is 0.304. The van der Waals surface area contributed by atoms with Gasteiger partial charge in [0, 0.05) is 37.0 Å². The number of hydrogen-bond donors (Lipinski definition) is 1. The number of amides is 2. The third-order valence-electron chi connectivity index (χ3n) is 6.32. The predicted octanol–water partition coefficient (Wildman–Crippen LogP) is 2.60. The second kappa shape index (κ2) is 6.01. The molecule has 1 fully saturated rings. The van der Waals surface area contributed by atoms with Gasteiger partial charge in [0.1, 0.15) is 6.04 Å². The Bertz CT molecular complexity index is 1220. The standard InChI is InChI=1S/C23H21N3O4/c1-12-29-18-8-7-13(9-19(18)30-12)22-21-15(14-5-3-4-6-16(14)24-21)10-17-23(28)25(2)11-20(27)26(17)22/h3-9,12,17,22,24H,10-11H2,1-2H3/t12?,17-,22-/m1/s1. The lowest BCUT2D eigenvalue weighted by molar-refractivity contribution is -0.157. The van der Waals surface area contributed by atoms with Gasteiger partial charge in [-0.1, -0.05) is 24.3 Å². The molecule has 2 amide bonds. The van der Waals surface area contributed by atoms with Gasteiger partial charge >= 0.3 is 0 Å². The number of rotatable bonds is 1. The van der Waals surface area contributed by atoms with E-state index >= 15 is 0 Å². The predicted molar refractivity (Wildman–Crippen MR) is 109 cm³/mol. The van der Waals surface area contributed by atoms with Gasteiger partial charge in [0.15, 0.2) is 11.5 Å². The Kier molecular flexibility index (Phi) is 3.48. The monoisotopic (exact) mass is 403 g/mol. The normalized spacial score (nSPS) is 24.9. The zero-order valence-corrected chi connectivity index (χ0v) is 16.7. The van der Waals surface area contributed by atoms with Gasteiger partial charge in [-0.2, -0.15) is 0 Å². The van der Waals surface area contributed by atoms with Crippen LogP contribution in [0, 0.1) is 0 Å². The Morgan fingerprint density at radius 3 is 2.73 bits per heavy atom. The Balaban J connectivity index is 1.57. The number of para-hydroxylation sites is 1. The van der Waals surface area contributed by atoms with Crippen LogP contribution in [0.1, 0.15) is 29.8 Å². The molecule has 1 unspecified atom stereocenters. The van der Waals surface area contributed by atoms with E-state index in [-0.39, 0.29) is 30.7 Å². The molecular formula is C23H21N3O4. The number of benzene rings is 2. The van der Waals surface area contributed by atoms with Crippen LogP contribution in [0.25, 0.3) is 10.9 Å². The molecule has 3 aliphatic heterocycles. The van der Waals surface area contributed by atoms with E-state index < -0.39 is 6.04 Å². The number of hydrogen-bond acceptors (Lipinski definition) is 4. The van der Waals surface area contributed by atoms with Crippen molar-refractivity contribution < 1.29 is 19.1 Å². The Labute approximate surface area is 173 Å². The van der Waals surface area contributed by atoms with Gasteiger partial charge in [0.05, 0.1) is 12.6 Å². The number of fused-ring (bicyclic) bond motifs is 5. The van der Waals surface area contributed by atoms with Gasteiger partial charge in [0.25, 0.3) is 0 Å². The third-order valence-corrected chi connectivity index (χ3v) is 6.32. The zero-order valence-electron chi connectivity index (χ0n) is 16.7. The molecule has 0 bridgehead atoms. The lowest BCUT2D eigenvalue weighted by Gasteiger charge is -2.46. The fourth-order valence-corrected chi connectivity index (χ4v) is 5.02. The first-order valence-electron chi connectivity index (χ1n) is 10.1. The molecule has 2 aromatic carbocycles. The minimum atomic E-state index is -0.516. The largest absolute Gasteiger partial charge is 0.451 e. The first-order chi connectivity index (χ1) is 14.5. The van der Waals surface area contributed by atoms with Crippen molar-refractivity contribution in [3.8, 4) is 11.5 Å². The summed E-state index contributed by atoms with van der Waals surface area (Å²) < 4.78 is 11.4. The van der Waals surface area contributed by atoms with E-state index in [9.17, 15) is 9.59 Å². The van der Waals surface area contributed by atoms with Crippen molar-refractivity contribution in [3.63, 3.8) is 0 Å². The summed E-state index contributed by atoms with van der Waals surface area (Å²) in [4.78, 5) is 33.0. The van der Waals surface area contributed by atoms with Gasteiger partial charge in [-0.3, -0.25) is 9.59 Å². The second-order valence-corrected chi connectivity index (χ2v) is 8.19. The third kappa shape index (κ3) is 2.32. The SMILES string of the molecule is CC1Oc2ccc([C@@H]3c4[nH]c5ccccc5c4C[C@@H]4C(=O)N(C)CC(=O)N34)cc2O1. The van der Waals surface area contributed by atoms with Crippen molar-refractivity contribution in [1.29, 1.82) is 0 Å². The van der Waals surface area contributed by atoms with Crippen molar-refractivity contribution in [3.05, 3.63) is 59.3 Å². The summed E-state index contributed by atoms with van der Waals surface area (Å²) in [6.45, 7) is 1.93. The number of aromatic amines is 1. The van der Waals surface area contributed by atoms with Crippen LogP contribution < -0.4 is 9.47 Å². The summed E-state index contributed by atoms with van der Waals surface area (Å²) in [6.07, 6.45) is 0.164. The first-order valence-corrected chi connectivity index (χ1v) is 10.1.